The molecule has 1 aliphatic rings. The fraction of sp³-hybridized carbons (Fsp3) is 0.208. The van der Waals surface area contributed by atoms with E-state index in [-0.39, 0.29) is 16.8 Å². The number of carbonyl (C=O) groups is 1. The summed E-state index contributed by atoms with van der Waals surface area (Å²) in [6.07, 6.45) is 1.86. The van der Waals surface area contributed by atoms with E-state index in [1.807, 2.05) is 17.5 Å². The lowest BCUT2D eigenvalue weighted by Crippen LogP contribution is -2.43. The summed E-state index contributed by atoms with van der Waals surface area (Å²) in [6.45, 7) is -0.529. The minimum absolute atomic E-state index is 0.101. The molecule has 1 amide bonds. The predicted molar refractivity (Wildman–Crippen MR) is 129 cm³/mol. The van der Waals surface area contributed by atoms with E-state index < -0.39 is 35.6 Å². The third-order valence-electron chi connectivity index (χ3n) is 5.93. The Labute approximate surface area is 202 Å². The van der Waals surface area contributed by atoms with Crippen molar-refractivity contribution in [1.29, 1.82) is 0 Å². The molecule has 0 saturated carbocycles. The van der Waals surface area contributed by atoms with Crippen LogP contribution in [0.25, 0.3) is 11.0 Å². The zero-order valence-corrected chi connectivity index (χ0v) is 19.7. The molecule has 0 aliphatic carbocycles. The molecule has 0 fully saturated rings. The van der Waals surface area contributed by atoms with Crippen LogP contribution in [0, 0.1) is 5.82 Å². The number of aromatic nitrogens is 3. The Morgan fingerprint density at radius 1 is 1.20 bits per heavy atom. The zero-order chi connectivity index (χ0) is 24.7. The Morgan fingerprint density at radius 3 is 2.66 bits per heavy atom. The fourth-order valence-electron chi connectivity index (χ4n) is 4.18. The van der Waals surface area contributed by atoms with E-state index in [0.29, 0.717) is 17.7 Å². The molecule has 1 aromatic carbocycles. The Balaban J connectivity index is 1.57. The number of benzene rings is 1. The average Bonchev–Trinajstić information content (AvgIpc) is 3.55. The highest BCUT2D eigenvalue weighted by atomic mass is 32.1. The minimum Gasteiger partial charge on any atom is -0.496 e. The van der Waals surface area contributed by atoms with Gasteiger partial charge in [0.05, 0.1) is 23.7 Å². The van der Waals surface area contributed by atoms with Gasteiger partial charge in [-0.15, -0.1) is 11.3 Å². The van der Waals surface area contributed by atoms with E-state index in [1.54, 1.807) is 12.1 Å². The molecule has 5 rings (SSSR count). The van der Waals surface area contributed by atoms with Gasteiger partial charge < -0.3 is 4.74 Å². The van der Waals surface area contributed by atoms with Gasteiger partial charge in [-0.25, -0.2) is 23.7 Å². The number of hydrogen-bond acceptors (Lipinski definition) is 7. The van der Waals surface area contributed by atoms with Crippen molar-refractivity contribution in [3.63, 3.8) is 0 Å². The largest absolute Gasteiger partial charge is 0.496 e. The number of rotatable bonds is 5. The summed E-state index contributed by atoms with van der Waals surface area (Å²) in [5.74, 6) is -0.690. The van der Waals surface area contributed by atoms with Crippen LogP contribution in [-0.2, 0) is 18.4 Å². The molecule has 4 aromatic rings. The van der Waals surface area contributed by atoms with Gasteiger partial charge in [0, 0.05) is 19.7 Å². The quantitative estimate of drug-likeness (QED) is 0.426. The van der Waals surface area contributed by atoms with Crippen LogP contribution in [0.15, 0.2) is 68.7 Å². The number of thiophene rings is 1. The first-order chi connectivity index (χ1) is 16.9. The molecule has 9 nitrogen and oxygen atoms in total. The van der Waals surface area contributed by atoms with Crippen molar-refractivity contribution in [3.8, 4) is 5.75 Å². The number of pyridine rings is 1. The van der Waals surface area contributed by atoms with Crippen LogP contribution in [0.2, 0.25) is 0 Å². The molecule has 0 bridgehead atoms. The van der Waals surface area contributed by atoms with E-state index >= 15 is 0 Å². The summed E-state index contributed by atoms with van der Waals surface area (Å²) in [5, 5.41) is 7.83. The summed E-state index contributed by atoms with van der Waals surface area (Å²) < 4.78 is 20.9. The van der Waals surface area contributed by atoms with Crippen molar-refractivity contribution in [2.45, 2.75) is 19.0 Å². The van der Waals surface area contributed by atoms with Gasteiger partial charge in [0.25, 0.3) is 11.5 Å². The topological polar surface area (TPSA) is 98.8 Å². The summed E-state index contributed by atoms with van der Waals surface area (Å²) in [6, 6.07) is 10.7. The lowest BCUT2D eigenvalue weighted by Gasteiger charge is -2.22. The Hall–Kier alpha value is -4.12. The normalized spacial score (nSPS) is 15.5. The molecule has 1 unspecified atom stereocenters. The smallest absolute Gasteiger partial charge is 0.332 e. The van der Waals surface area contributed by atoms with Crippen molar-refractivity contribution in [3.05, 3.63) is 91.1 Å². The standard InChI is InChI=1S/C24H20FN5O4S/c1-28-22-21(18(34-2)9-10-26-22)23(32)29(24(28)33)13-20(31)30-17(14-5-7-15(25)8-6-14)12-16(27-30)19-4-3-11-35-19/h3-11,17H,12-13H2,1-2H3. The van der Waals surface area contributed by atoms with E-state index in [4.69, 9.17) is 4.74 Å². The molecule has 0 spiro atoms. The van der Waals surface area contributed by atoms with Crippen LogP contribution in [0.1, 0.15) is 22.9 Å². The number of aryl methyl sites for hydroxylation is 1. The van der Waals surface area contributed by atoms with E-state index in [2.05, 4.69) is 10.1 Å². The molecular formula is C24H20FN5O4S. The molecule has 0 N–H and O–H groups in total. The number of amides is 1. The summed E-state index contributed by atoms with van der Waals surface area (Å²) in [4.78, 5) is 44.8. The number of ether oxygens (including phenoxy) is 1. The maximum atomic E-state index is 13.5. The van der Waals surface area contributed by atoms with Gasteiger partial charge in [0.2, 0.25) is 0 Å². The lowest BCUT2D eigenvalue weighted by atomic mass is 10.0. The monoisotopic (exact) mass is 493 g/mol. The highest BCUT2D eigenvalue weighted by Gasteiger charge is 2.34. The van der Waals surface area contributed by atoms with Gasteiger partial charge in [0.1, 0.15) is 23.5 Å². The van der Waals surface area contributed by atoms with Gasteiger partial charge in [-0.3, -0.25) is 14.2 Å². The third-order valence-corrected chi connectivity index (χ3v) is 6.85. The number of carbonyl (C=O) groups excluding carboxylic acids is 1. The Morgan fingerprint density at radius 2 is 1.97 bits per heavy atom. The lowest BCUT2D eigenvalue weighted by molar-refractivity contribution is -0.133. The second kappa shape index (κ2) is 8.91. The highest BCUT2D eigenvalue weighted by Crippen LogP contribution is 2.34. The fourth-order valence-corrected chi connectivity index (χ4v) is 4.90. The van der Waals surface area contributed by atoms with E-state index in [0.717, 1.165) is 9.44 Å². The molecule has 0 saturated heterocycles. The molecule has 35 heavy (non-hydrogen) atoms. The number of methoxy groups -OCH3 is 1. The molecule has 178 valence electrons. The number of hydrogen-bond donors (Lipinski definition) is 0. The van der Waals surface area contributed by atoms with Gasteiger partial charge in [-0.05, 0) is 35.2 Å². The van der Waals surface area contributed by atoms with Crippen molar-refractivity contribution in [2.75, 3.05) is 7.11 Å². The Kier molecular flexibility index (Phi) is 5.77. The highest BCUT2D eigenvalue weighted by molar-refractivity contribution is 7.12. The molecule has 1 aliphatic heterocycles. The van der Waals surface area contributed by atoms with Crippen LogP contribution < -0.4 is 16.0 Å². The maximum absolute atomic E-state index is 13.5. The molecule has 1 atom stereocenters. The first-order valence-corrected chi connectivity index (χ1v) is 11.6. The van der Waals surface area contributed by atoms with Crippen LogP contribution in [0.3, 0.4) is 0 Å². The van der Waals surface area contributed by atoms with Gasteiger partial charge >= 0.3 is 5.69 Å². The number of hydrazone groups is 1. The zero-order valence-electron chi connectivity index (χ0n) is 18.8. The summed E-state index contributed by atoms with van der Waals surface area (Å²) in [5.41, 5.74) is 0.191. The number of fused-ring (bicyclic) bond motifs is 1. The molecule has 0 radical (unpaired) electrons. The minimum atomic E-state index is -0.684. The van der Waals surface area contributed by atoms with Crippen LogP contribution >= 0.6 is 11.3 Å². The van der Waals surface area contributed by atoms with Crippen molar-refractivity contribution >= 4 is 34.0 Å². The predicted octanol–water partition coefficient (Wildman–Crippen LogP) is 2.68. The summed E-state index contributed by atoms with van der Waals surface area (Å²) >= 11 is 1.49. The van der Waals surface area contributed by atoms with E-state index in [1.165, 1.54) is 59.5 Å². The first-order valence-electron chi connectivity index (χ1n) is 10.7. The van der Waals surface area contributed by atoms with Crippen molar-refractivity contribution in [2.24, 2.45) is 12.1 Å². The van der Waals surface area contributed by atoms with Gasteiger partial charge in [0.15, 0.2) is 5.65 Å². The average molecular weight is 494 g/mol. The molecule has 4 heterocycles. The van der Waals surface area contributed by atoms with Crippen molar-refractivity contribution in [1.82, 2.24) is 19.1 Å². The van der Waals surface area contributed by atoms with Crippen molar-refractivity contribution < 1.29 is 13.9 Å². The van der Waals surface area contributed by atoms with Gasteiger partial charge in [-0.1, -0.05) is 18.2 Å². The SMILES string of the molecule is COc1ccnc2c1c(=O)n(CC(=O)N1N=C(c3cccs3)CC1c1ccc(F)cc1)c(=O)n2C. The van der Waals surface area contributed by atoms with Crippen LogP contribution in [-0.4, -0.2) is 37.9 Å². The second-order valence-electron chi connectivity index (χ2n) is 7.98. The molecular weight excluding hydrogens is 473 g/mol. The molecule has 11 heteroatoms. The second-order valence-corrected chi connectivity index (χ2v) is 8.93. The number of halogens is 1. The third kappa shape index (κ3) is 3.93. The van der Waals surface area contributed by atoms with Crippen LogP contribution in [0.4, 0.5) is 4.39 Å². The first kappa shape index (κ1) is 22.7. The maximum Gasteiger partial charge on any atom is 0.332 e. The van der Waals surface area contributed by atoms with Gasteiger partial charge in [-0.2, -0.15) is 5.10 Å². The summed E-state index contributed by atoms with van der Waals surface area (Å²) in [7, 11) is 2.88. The van der Waals surface area contributed by atoms with Crippen LogP contribution in [0.5, 0.6) is 5.75 Å². The van der Waals surface area contributed by atoms with E-state index in [9.17, 15) is 18.8 Å². The Bertz CT molecular complexity index is 1570. The number of nitrogens with zero attached hydrogens (tertiary/aromatic N) is 5. The molecule has 3 aromatic heterocycles.